The first-order chi connectivity index (χ1) is 18.1. The smallest absolute Gasteiger partial charge is 0.303 e. The first-order valence-electron chi connectivity index (χ1n) is 12.4. The molecule has 37 heavy (non-hydrogen) atoms. The summed E-state index contributed by atoms with van der Waals surface area (Å²) in [5.41, 5.74) is 4.53. The van der Waals surface area contributed by atoms with E-state index < -0.39 is 5.97 Å². The number of nitrogens with zero attached hydrogens (tertiary/aromatic N) is 2. The number of H-pyrrole nitrogens is 1. The Labute approximate surface area is 216 Å². The lowest BCUT2D eigenvalue weighted by Gasteiger charge is -2.24. The second kappa shape index (κ2) is 13.1. The van der Waals surface area contributed by atoms with Crippen LogP contribution in [0.5, 0.6) is 5.75 Å². The zero-order valence-corrected chi connectivity index (χ0v) is 20.7. The molecule has 0 bridgehead atoms. The molecule has 0 aliphatic heterocycles. The van der Waals surface area contributed by atoms with Crippen molar-refractivity contribution in [3.05, 3.63) is 108 Å². The maximum absolute atomic E-state index is 13.7. The largest absolute Gasteiger partial charge is 0.493 e. The molecule has 0 aliphatic rings. The summed E-state index contributed by atoms with van der Waals surface area (Å²) in [5, 5.41) is 15.6. The van der Waals surface area contributed by atoms with Gasteiger partial charge in [-0.15, -0.1) is 0 Å². The summed E-state index contributed by atoms with van der Waals surface area (Å²) >= 11 is 0. The van der Waals surface area contributed by atoms with Gasteiger partial charge >= 0.3 is 5.97 Å². The topological polar surface area (TPSA) is 95.5 Å². The first-order valence-corrected chi connectivity index (χ1v) is 12.4. The predicted octanol–water partition coefficient (Wildman–Crippen LogP) is 5.94. The quantitative estimate of drug-likeness (QED) is 0.223. The maximum atomic E-state index is 13.7. The number of rotatable bonds is 13. The number of amides is 1. The Morgan fingerprint density at radius 3 is 2.32 bits per heavy atom. The third-order valence-corrected chi connectivity index (χ3v) is 6.09. The summed E-state index contributed by atoms with van der Waals surface area (Å²) < 4.78 is 6.04. The number of aromatic amines is 1. The molecule has 0 atom stereocenters. The van der Waals surface area contributed by atoms with Gasteiger partial charge in [0, 0.05) is 42.4 Å². The Morgan fingerprint density at radius 2 is 1.59 bits per heavy atom. The molecule has 4 aromatic rings. The average Bonchev–Trinajstić information content (AvgIpc) is 3.46. The van der Waals surface area contributed by atoms with Crippen LogP contribution in [0.3, 0.4) is 0 Å². The molecule has 2 N–H and O–H groups in total. The number of aromatic nitrogens is 2. The minimum atomic E-state index is -0.773. The standard InChI is InChI=1S/C30H31N3O4/c34-29(35)13-5-2-8-18-37-28-12-7-6-11-26(28)22-33(21-23-9-3-1-4-10-23)30(36)25-16-14-24(15-17-25)27-19-31-32-20-27/h1,3-4,6-7,9-12,14-17,19-20H,2,5,8,13,18,21-22H2,(H,31,32)(H,34,35). The number of unbranched alkanes of at least 4 members (excludes halogenated alkanes) is 2. The van der Waals surface area contributed by atoms with Crippen LogP contribution < -0.4 is 4.74 Å². The lowest BCUT2D eigenvalue weighted by Crippen LogP contribution is -2.30. The molecule has 0 spiro atoms. The van der Waals surface area contributed by atoms with E-state index in [1.54, 1.807) is 6.20 Å². The number of hydrogen-bond acceptors (Lipinski definition) is 4. The SMILES string of the molecule is O=C(O)CCCCCOc1ccccc1CN(Cc1ccccc1)C(=O)c1ccc(-c2cn[nH]c2)cc1. The predicted molar refractivity (Wildman–Crippen MR) is 142 cm³/mol. The Hall–Kier alpha value is -4.39. The van der Waals surface area contributed by atoms with Gasteiger partial charge < -0.3 is 14.7 Å². The van der Waals surface area contributed by atoms with Crippen molar-refractivity contribution in [3.63, 3.8) is 0 Å². The molecule has 0 fully saturated rings. The molecule has 0 aliphatic carbocycles. The van der Waals surface area contributed by atoms with Crippen LogP contribution in [-0.4, -0.2) is 38.7 Å². The van der Waals surface area contributed by atoms with Gasteiger partial charge in [0.05, 0.1) is 12.8 Å². The highest BCUT2D eigenvalue weighted by Gasteiger charge is 2.19. The zero-order chi connectivity index (χ0) is 25.9. The van der Waals surface area contributed by atoms with E-state index in [4.69, 9.17) is 9.84 Å². The van der Waals surface area contributed by atoms with Gasteiger partial charge in [-0.3, -0.25) is 14.7 Å². The average molecular weight is 498 g/mol. The summed E-state index contributed by atoms with van der Waals surface area (Å²) in [6.45, 7) is 1.36. The number of carbonyl (C=O) groups is 2. The number of carbonyl (C=O) groups excluding carboxylic acids is 1. The van der Waals surface area contributed by atoms with Crippen LogP contribution in [0.25, 0.3) is 11.1 Å². The summed E-state index contributed by atoms with van der Waals surface area (Å²) in [4.78, 5) is 26.2. The van der Waals surface area contributed by atoms with Crippen LogP contribution in [0, 0.1) is 0 Å². The Kier molecular flexibility index (Phi) is 9.07. The minimum absolute atomic E-state index is 0.0638. The molecule has 0 saturated carbocycles. The maximum Gasteiger partial charge on any atom is 0.303 e. The van der Waals surface area contributed by atoms with Gasteiger partial charge in [-0.1, -0.05) is 60.7 Å². The van der Waals surface area contributed by atoms with Crippen LogP contribution in [0.2, 0.25) is 0 Å². The van der Waals surface area contributed by atoms with Gasteiger partial charge in [0.2, 0.25) is 0 Å². The molecule has 190 valence electrons. The molecule has 1 amide bonds. The van der Waals surface area contributed by atoms with Gasteiger partial charge in [0.15, 0.2) is 0 Å². The van der Waals surface area contributed by atoms with Crippen LogP contribution >= 0.6 is 0 Å². The first kappa shape index (κ1) is 25.7. The van der Waals surface area contributed by atoms with E-state index in [0.29, 0.717) is 31.7 Å². The number of nitrogens with one attached hydrogen (secondary N) is 1. The molecule has 3 aromatic carbocycles. The van der Waals surface area contributed by atoms with Gasteiger partial charge in [-0.2, -0.15) is 5.10 Å². The lowest BCUT2D eigenvalue weighted by molar-refractivity contribution is -0.137. The molecule has 7 nitrogen and oxygen atoms in total. The van der Waals surface area contributed by atoms with Crippen molar-refractivity contribution in [3.8, 4) is 16.9 Å². The number of para-hydroxylation sites is 1. The van der Waals surface area contributed by atoms with E-state index in [1.807, 2.05) is 90.0 Å². The summed E-state index contributed by atoms with van der Waals surface area (Å²) in [7, 11) is 0. The second-order valence-electron chi connectivity index (χ2n) is 8.87. The molecule has 0 unspecified atom stereocenters. The van der Waals surface area contributed by atoms with E-state index in [1.165, 1.54) is 0 Å². The van der Waals surface area contributed by atoms with Crippen molar-refractivity contribution in [1.82, 2.24) is 15.1 Å². The van der Waals surface area contributed by atoms with Crippen molar-refractivity contribution in [2.24, 2.45) is 0 Å². The van der Waals surface area contributed by atoms with Crippen molar-refractivity contribution in [1.29, 1.82) is 0 Å². The van der Waals surface area contributed by atoms with Gasteiger partial charge in [-0.25, -0.2) is 0 Å². The number of hydrogen-bond donors (Lipinski definition) is 2. The Bertz CT molecular complexity index is 1270. The summed E-state index contributed by atoms with van der Waals surface area (Å²) in [6, 6.07) is 25.3. The fourth-order valence-corrected chi connectivity index (χ4v) is 4.12. The molecule has 1 heterocycles. The molecular formula is C30H31N3O4. The van der Waals surface area contributed by atoms with Crippen LogP contribution in [0.1, 0.15) is 47.2 Å². The number of benzene rings is 3. The molecule has 4 rings (SSSR count). The zero-order valence-electron chi connectivity index (χ0n) is 20.7. The van der Waals surface area contributed by atoms with Crippen LogP contribution in [0.15, 0.2) is 91.3 Å². The second-order valence-corrected chi connectivity index (χ2v) is 8.87. The normalized spacial score (nSPS) is 10.7. The number of aliphatic carboxylic acids is 1. The summed E-state index contributed by atoms with van der Waals surface area (Å²) in [6.07, 6.45) is 5.96. The van der Waals surface area contributed by atoms with E-state index in [0.717, 1.165) is 40.8 Å². The highest BCUT2D eigenvalue weighted by Crippen LogP contribution is 2.24. The molecule has 0 saturated heterocycles. The molecule has 0 radical (unpaired) electrons. The highest BCUT2D eigenvalue weighted by molar-refractivity contribution is 5.94. The third-order valence-electron chi connectivity index (χ3n) is 6.09. The lowest BCUT2D eigenvalue weighted by atomic mass is 10.1. The molecule has 7 heteroatoms. The number of carboxylic acid groups (broad SMARTS) is 1. The Balaban J connectivity index is 1.48. The van der Waals surface area contributed by atoms with Gasteiger partial charge in [0.25, 0.3) is 5.91 Å². The van der Waals surface area contributed by atoms with Crippen LogP contribution in [-0.2, 0) is 17.9 Å². The number of ether oxygens (including phenoxy) is 1. The third kappa shape index (κ3) is 7.54. The molecular weight excluding hydrogens is 466 g/mol. The van der Waals surface area contributed by atoms with Crippen molar-refractivity contribution in [2.45, 2.75) is 38.8 Å². The van der Waals surface area contributed by atoms with Gasteiger partial charge in [-0.05, 0) is 48.6 Å². The van der Waals surface area contributed by atoms with Gasteiger partial charge in [0.1, 0.15) is 5.75 Å². The monoisotopic (exact) mass is 497 g/mol. The minimum Gasteiger partial charge on any atom is -0.493 e. The van der Waals surface area contributed by atoms with E-state index in [-0.39, 0.29) is 12.3 Å². The van der Waals surface area contributed by atoms with Crippen molar-refractivity contribution >= 4 is 11.9 Å². The van der Waals surface area contributed by atoms with E-state index >= 15 is 0 Å². The summed E-state index contributed by atoms with van der Waals surface area (Å²) in [5.74, 6) is -0.0986. The fourth-order valence-electron chi connectivity index (χ4n) is 4.12. The van der Waals surface area contributed by atoms with E-state index in [2.05, 4.69) is 10.2 Å². The fraction of sp³-hybridized carbons (Fsp3) is 0.233. The van der Waals surface area contributed by atoms with Crippen LogP contribution in [0.4, 0.5) is 0 Å². The molecule has 1 aromatic heterocycles. The van der Waals surface area contributed by atoms with E-state index in [9.17, 15) is 9.59 Å². The number of carboxylic acids is 1. The highest BCUT2D eigenvalue weighted by atomic mass is 16.5. The van der Waals surface area contributed by atoms with Crippen molar-refractivity contribution in [2.75, 3.05) is 6.61 Å². The Morgan fingerprint density at radius 1 is 0.838 bits per heavy atom. The van der Waals surface area contributed by atoms with Crippen molar-refractivity contribution < 1.29 is 19.4 Å².